The van der Waals surface area contributed by atoms with Crippen molar-refractivity contribution in [2.45, 2.75) is 82.9 Å². The number of thioether (sulfide) groups is 1. The molecule has 0 radical (unpaired) electrons. The van der Waals surface area contributed by atoms with Crippen LogP contribution in [0, 0.1) is 5.92 Å². The highest BCUT2D eigenvalue weighted by molar-refractivity contribution is 7.99. The molecule has 1 saturated carbocycles. The summed E-state index contributed by atoms with van der Waals surface area (Å²) in [6, 6.07) is 0. The van der Waals surface area contributed by atoms with E-state index in [1.54, 1.807) is 0 Å². The number of hydrogen-bond donors (Lipinski definition) is 1. The average Bonchev–Trinajstić information content (AvgIpc) is 2.87. The first-order valence-electron chi connectivity index (χ1n) is 9.57. The van der Waals surface area contributed by atoms with E-state index in [0.29, 0.717) is 18.8 Å². The molecule has 2 amide bonds. The van der Waals surface area contributed by atoms with Gasteiger partial charge in [0.15, 0.2) is 0 Å². The maximum atomic E-state index is 13.5. The van der Waals surface area contributed by atoms with Crippen molar-refractivity contribution in [3.8, 4) is 0 Å². The van der Waals surface area contributed by atoms with E-state index in [2.05, 4.69) is 17.1 Å². The fourth-order valence-corrected chi connectivity index (χ4v) is 5.79. The maximum absolute atomic E-state index is 13.5. The van der Waals surface area contributed by atoms with Crippen LogP contribution in [0.25, 0.3) is 0 Å². The molecule has 2 unspecified atom stereocenters. The Morgan fingerprint density at radius 2 is 1.84 bits per heavy atom. The topological polar surface area (TPSA) is 58.6 Å². The van der Waals surface area contributed by atoms with E-state index in [1.165, 1.54) is 0 Å². The van der Waals surface area contributed by atoms with E-state index in [4.69, 9.17) is 4.74 Å². The Balaban J connectivity index is 1.76. The minimum atomic E-state index is -0.778. The van der Waals surface area contributed by atoms with Crippen molar-refractivity contribution in [2.75, 3.05) is 18.1 Å². The highest BCUT2D eigenvalue weighted by Crippen LogP contribution is 2.46. The van der Waals surface area contributed by atoms with E-state index in [9.17, 15) is 9.59 Å². The van der Waals surface area contributed by atoms with Gasteiger partial charge in [-0.05, 0) is 76.7 Å². The maximum Gasteiger partial charge on any atom is 0.408 e. The van der Waals surface area contributed by atoms with Crippen molar-refractivity contribution < 1.29 is 14.3 Å². The molecule has 2 aliphatic heterocycles. The van der Waals surface area contributed by atoms with E-state index < -0.39 is 17.2 Å². The third kappa shape index (κ3) is 3.79. The highest BCUT2D eigenvalue weighted by atomic mass is 32.2. The van der Waals surface area contributed by atoms with Gasteiger partial charge in [0, 0.05) is 12.1 Å². The number of nitrogens with zero attached hydrogens (tertiary/aromatic N) is 1. The number of carbonyl (C=O) groups excluding carboxylic acids is 2. The van der Waals surface area contributed by atoms with Crippen LogP contribution in [0.5, 0.6) is 0 Å². The average molecular weight is 369 g/mol. The zero-order valence-corrected chi connectivity index (χ0v) is 16.8. The normalized spacial score (nSPS) is 31.5. The van der Waals surface area contributed by atoms with E-state index in [0.717, 1.165) is 43.7 Å². The van der Waals surface area contributed by atoms with Gasteiger partial charge >= 0.3 is 6.09 Å². The third-order valence-corrected chi connectivity index (χ3v) is 6.94. The SMILES string of the molecule is CC1CCC(NC(=O)OC(C)(C)C)(C(=O)N2CCC23CCSCC3)C1. The standard InChI is InChI=1S/C19H32N2O3S/c1-14-5-6-19(13-14,20-16(23)24-17(2,3)4)15(22)21-10-7-18(21)8-11-25-12-9-18/h14H,5-13H2,1-4H3,(H,20,23). The predicted molar refractivity (Wildman–Crippen MR) is 101 cm³/mol. The van der Waals surface area contributed by atoms with Crippen molar-refractivity contribution in [1.82, 2.24) is 10.2 Å². The van der Waals surface area contributed by atoms with Gasteiger partial charge in [-0.15, -0.1) is 0 Å². The lowest BCUT2D eigenvalue weighted by molar-refractivity contribution is -0.156. The summed E-state index contributed by atoms with van der Waals surface area (Å²) in [6.45, 7) is 8.54. The molecule has 0 bridgehead atoms. The lowest BCUT2D eigenvalue weighted by Crippen LogP contribution is -2.70. The Morgan fingerprint density at radius 1 is 1.16 bits per heavy atom. The molecular formula is C19H32N2O3S. The molecule has 0 aromatic heterocycles. The third-order valence-electron chi connectivity index (χ3n) is 5.95. The summed E-state index contributed by atoms with van der Waals surface area (Å²) in [5.74, 6) is 2.83. The van der Waals surface area contributed by atoms with Crippen LogP contribution in [0.3, 0.4) is 0 Å². The zero-order valence-electron chi connectivity index (χ0n) is 16.0. The van der Waals surface area contributed by atoms with Crippen molar-refractivity contribution in [3.05, 3.63) is 0 Å². The summed E-state index contributed by atoms with van der Waals surface area (Å²) in [6.07, 6.45) is 5.21. The van der Waals surface area contributed by atoms with Crippen LogP contribution in [0.4, 0.5) is 4.79 Å². The molecule has 3 fully saturated rings. The van der Waals surface area contributed by atoms with E-state index in [1.807, 2.05) is 32.5 Å². The van der Waals surface area contributed by atoms with E-state index in [-0.39, 0.29) is 11.4 Å². The molecular weight excluding hydrogens is 336 g/mol. The van der Waals surface area contributed by atoms with Crippen molar-refractivity contribution in [3.63, 3.8) is 0 Å². The number of alkyl carbamates (subject to hydrolysis) is 1. The first-order valence-corrected chi connectivity index (χ1v) is 10.7. The molecule has 0 aromatic carbocycles. The van der Waals surface area contributed by atoms with Gasteiger partial charge in [-0.3, -0.25) is 4.79 Å². The molecule has 2 heterocycles. The molecule has 2 saturated heterocycles. The second kappa shape index (κ2) is 6.67. The van der Waals surface area contributed by atoms with Crippen molar-refractivity contribution in [1.29, 1.82) is 0 Å². The molecule has 3 aliphatic rings. The summed E-state index contributed by atoms with van der Waals surface area (Å²) >= 11 is 1.98. The van der Waals surface area contributed by atoms with Crippen LogP contribution >= 0.6 is 11.8 Å². The molecule has 3 rings (SSSR count). The van der Waals surface area contributed by atoms with E-state index >= 15 is 0 Å². The van der Waals surface area contributed by atoms with Crippen LogP contribution < -0.4 is 5.32 Å². The summed E-state index contributed by atoms with van der Waals surface area (Å²) in [5, 5.41) is 2.99. The number of hydrogen-bond acceptors (Lipinski definition) is 4. The van der Waals surface area contributed by atoms with Crippen molar-refractivity contribution >= 4 is 23.8 Å². The second-order valence-electron chi connectivity index (χ2n) is 9.10. The molecule has 1 aliphatic carbocycles. The number of amides is 2. The van der Waals surface area contributed by atoms with Gasteiger partial charge in [0.2, 0.25) is 5.91 Å². The fraction of sp³-hybridized carbons (Fsp3) is 0.895. The molecule has 6 heteroatoms. The van der Waals surface area contributed by atoms with Gasteiger partial charge in [0.05, 0.1) is 0 Å². The molecule has 5 nitrogen and oxygen atoms in total. The molecule has 1 spiro atoms. The first kappa shape index (κ1) is 18.9. The highest BCUT2D eigenvalue weighted by Gasteiger charge is 2.55. The van der Waals surface area contributed by atoms with Gasteiger partial charge in [-0.1, -0.05) is 6.92 Å². The quantitative estimate of drug-likeness (QED) is 0.809. The monoisotopic (exact) mass is 368 g/mol. The molecule has 0 aromatic rings. The lowest BCUT2D eigenvalue weighted by Gasteiger charge is -2.57. The van der Waals surface area contributed by atoms with Gasteiger partial charge in [0.1, 0.15) is 11.1 Å². The van der Waals surface area contributed by atoms with Gasteiger partial charge in [-0.2, -0.15) is 11.8 Å². The van der Waals surface area contributed by atoms with Crippen LogP contribution in [-0.2, 0) is 9.53 Å². The summed E-state index contributed by atoms with van der Waals surface area (Å²) in [7, 11) is 0. The fourth-order valence-electron chi connectivity index (χ4n) is 4.54. The van der Waals surface area contributed by atoms with Gasteiger partial charge in [0.25, 0.3) is 0 Å². The summed E-state index contributed by atoms with van der Waals surface area (Å²) in [4.78, 5) is 28.0. The zero-order chi connectivity index (χ0) is 18.3. The van der Waals surface area contributed by atoms with Crippen LogP contribution in [-0.4, -0.2) is 51.6 Å². The largest absolute Gasteiger partial charge is 0.444 e. The number of nitrogens with one attached hydrogen (secondary N) is 1. The molecule has 25 heavy (non-hydrogen) atoms. The number of ether oxygens (including phenoxy) is 1. The minimum absolute atomic E-state index is 0.0524. The van der Waals surface area contributed by atoms with Crippen LogP contribution in [0.15, 0.2) is 0 Å². The Labute approximate surface area is 155 Å². The lowest BCUT2D eigenvalue weighted by atomic mass is 9.77. The first-order chi connectivity index (χ1) is 11.7. The smallest absolute Gasteiger partial charge is 0.408 e. The van der Waals surface area contributed by atoms with Gasteiger partial charge in [-0.25, -0.2) is 4.79 Å². The summed E-state index contributed by atoms with van der Waals surface area (Å²) in [5.41, 5.74) is -1.28. The van der Waals surface area contributed by atoms with Crippen LogP contribution in [0.2, 0.25) is 0 Å². The Morgan fingerprint density at radius 3 is 2.32 bits per heavy atom. The molecule has 2 atom stereocenters. The molecule has 1 N–H and O–H groups in total. The van der Waals surface area contributed by atoms with Crippen molar-refractivity contribution in [2.24, 2.45) is 5.92 Å². The second-order valence-corrected chi connectivity index (χ2v) is 10.3. The summed E-state index contributed by atoms with van der Waals surface area (Å²) < 4.78 is 5.45. The van der Waals surface area contributed by atoms with Crippen LogP contribution in [0.1, 0.15) is 66.2 Å². The molecule has 142 valence electrons. The number of carbonyl (C=O) groups is 2. The van der Waals surface area contributed by atoms with Gasteiger partial charge < -0.3 is 15.0 Å². The Bertz CT molecular complexity index is 539. The Hall–Kier alpha value is -0.910. The predicted octanol–water partition coefficient (Wildman–Crippen LogP) is 3.57. The Kier molecular flexibility index (Phi) is 5.04. The minimum Gasteiger partial charge on any atom is -0.444 e. The number of rotatable bonds is 2. The number of likely N-dealkylation sites (tertiary alicyclic amines) is 1.